The predicted octanol–water partition coefficient (Wildman–Crippen LogP) is 1.93. The maximum atomic E-state index is 11.9. The summed E-state index contributed by atoms with van der Waals surface area (Å²) in [5.74, 6) is 0.322. The number of aromatic nitrogens is 2. The molecule has 3 rings (SSSR count). The summed E-state index contributed by atoms with van der Waals surface area (Å²) in [5, 5.41) is 9.22. The lowest BCUT2D eigenvalue weighted by atomic mass is 10.0. The van der Waals surface area contributed by atoms with Gasteiger partial charge in [0.2, 0.25) is 5.91 Å². The fraction of sp³-hybridized carbons (Fsp3) is 0.125. The number of fused-ring (bicyclic) bond motifs is 1. The first kappa shape index (κ1) is 13.2. The Balaban J connectivity index is 1.67. The van der Waals surface area contributed by atoms with E-state index in [4.69, 9.17) is 5.73 Å². The van der Waals surface area contributed by atoms with Crippen molar-refractivity contribution in [3.05, 3.63) is 60.3 Å². The molecule has 106 valence electrons. The third-order valence-corrected chi connectivity index (χ3v) is 3.32. The molecule has 2 aromatic carbocycles. The summed E-state index contributed by atoms with van der Waals surface area (Å²) < 4.78 is 1.52. The van der Waals surface area contributed by atoms with Crippen molar-refractivity contribution in [1.82, 2.24) is 15.1 Å². The maximum Gasteiger partial charge on any atom is 0.241 e. The summed E-state index contributed by atoms with van der Waals surface area (Å²) in [5.41, 5.74) is 6.62. The van der Waals surface area contributed by atoms with Crippen LogP contribution in [0.2, 0.25) is 0 Å². The average Bonchev–Trinajstić information content (AvgIpc) is 2.90. The summed E-state index contributed by atoms with van der Waals surface area (Å²) in [7, 11) is 0. The fourth-order valence-electron chi connectivity index (χ4n) is 2.31. The highest BCUT2D eigenvalue weighted by atomic mass is 16.2. The molecular formula is C16H16N4O. The SMILES string of the molecule is Nc1ccn(CC(=O)NCc2cccc3ccccc23)n1. The maximum absolute atomic E-state index is 11.9. The lowest BCUT2D eigenvalue weighted by Crippen LogP contribution is -2.27. The van der Waals surface area contributed by atoms with Crippen LogP contribution >= 0.6 is 0 Å². The highest BCUT2D eigenvalue weighted by molar-refractivity contribution is 5.86. The first-order chi connectivity index (χ1) is 10.2. The number of carbonyl (C=O) groups excluding carboxylic acids is 1. The number of benzene rings is 2. The van der Waals surface area contributed by atoms with Crippen molar-refractivity contribution >= 4 is 22.5 Å². The second kappa shape index (κ2) is 5.66. The Morgan fingerprint density at radius 3 is 2.76 bits per heavy atom. The quantitative estimate of drug-likeness (QED) is 0.767. The van der Waals surface area contributed by atoms with Gasteiger partial charge in [-0.25, -0.2) is 0 Å². The molecular weight excluding hydrogens is 264 g/mol. The van der Waals surface area contributed by atoms with Crippen LogP contribution in [-0.2, 0) is 17.9 Å². The molecule has 0 aliphatic carbocycles. The minimum atomic E-state index is -0.0916. The molecule has 0 spiro atoms. The van der Waals surface area contributed by atoms with Crippen LogP contribution < -0.4 is 11.1 Å². The number of nitrogen functional groups attached to an aromatic ring is 1. The van der Waals surface area contributed by atoms with E-state index in [1.165, 1.54) is 10.1 Å². The van der Waals surface area contributed by atoms with Crippen LogP contribution in [0.1, 0.15) is 5.56 Å². The Labute approximate surface area is 122 Å². The van der Waals surface area contributed by atoms with Gasteiger partial charge < -0.3 is 11.1 Å². The standard InChI is InChI=1S/C16H16N4O/c17-15-8-9-20(19-15)11-16(21)18-10-13-6-3-5-12-4-1-2-7-14(12)13/h1-9H,10-11H2,(H2,17,19)(H,18,21). The van der Waals surface area contributed by atoms with Crippen molar-refractivity contribution in [3.63, 3.8) is 0 Å². The lowest BCUT2D eigenvalue weighted by Gasteiger charge is -2.08. The first-order valence-corrected chi connectivity index (χ1v) is 6.74. The summed E-state index contributed by atoms with van der Waals surface area (Å²) in [6, 6.07) is 15.9. The number of carbonyl (C=O) groups is 1. The van der Waals surface area contributed by atoms with Gasteiger partial charge in [0, 0.05) is 12.7 Å². The zero-order valence-electron chi connectivity index (χ0n) is 11.5. The number of nitrogens with one attached hydrogen (secondary N) is 1. The van der Waals surface area contributed by atoms with Crippen molar-refractivity contribution in [3.8, 4) is 0 Å². The van der Waals surface area contributed by atoms with E-state index in [1.807, 2.05) is 24.3 Å². The molecule has 0 atom stereocenters. The summed E-state index contributed by atoms with van der Waals surface area (Å²) in [4.78, 5) is 11.9. The van der Waals surface area contributed by atoms with Crippen LogP contribution in [0, 0.1) is 0 Å². The topological polar surface area (TPSA) is 72.9 Å². The molecule has 3 aromatic rings. The highest BCUT2D eigenvalue weighted by Gasteiger charge is 2.05. The summed E-state index contributed by atoms with van der Waals surface area (Å²) >= 11 is 0. The minimum absolute atomic E-state index is 0.0916. The van der Waals surface area contributed by atoms with E-state index in [1.54, 1.807) is 12.3 Å². The molecule has 0 bridgehead atoms. The second-order valence-electron chi connectivity index (χ2n) is 4.85. The molecule has 0 aliphatic heterocycles. The highest BCUT2D eigenvalue weighted by Crippen LogP contribution is 2.18. The van der Waals surface area contributed by atoms with E-state index in [-0.39, 0.29) is 12.5 Å². The Kier molecular flexibility index (Phi) is 3.55. The third kappa shape index (κ3) is 3.02. The molecule has 0 fully saturated rings. The molecule has 0 saturated heterocycles. The molecule has 0 radical (unpaired) electrons. The molecule has 1 heterocycles. The molecule has 0 unspecified atom stereocenters. The minimum Gasteiger partial charge on any atom is -0.382 e. The average molecular weight is 280 g/mol. The predicted molar refractivity (Wildman–Crippen MR) is 82.4 cm³/mol. The molecule has 0 aliphatic rings. The van der Waals surface area contributed by atoms with Gasteiger partial charge in [-0.2, -0.15) is 5.10 Å². The van der Waals surface area contributed by atoms with Crippen molar-refractivity contribution < 1.29 is 4.79 Å². The van der Waals surface area contributed by atoms with Crippen molar-refractivity contribution in [2.45, 2.75) is 13.1 Å². The first-order valence-electron chi connectivity index (χ1n) is 6.74. The monoisotopic (exact) mass is 280 g/mol. The number of nitrogens with two attached hydrogens (primary N) is 1. The number of rotatable bonds is 4. The van der Waals surface area contributed by atoms with Gasteiger partial charge in [0.1, 0.15) is 12.4 Å². The van der Waals surface area contributed by atoms with E-state index in [0.717, 1.165) is 10.9 Å². The Bertz CT molecular complexity index is 773. The Morgan fingerprint density at radius 1 is 1.14 bits per heavy atom. The second-order valence-corrected chi connectivity index (χ2v) is 4.85. The van der Waals surface area contributed by atoms with Crippen LogP contribution in [-0.4, -0.2) is 15.7 Å². The third-order valence-electron chi connectivity index (χ3n) is 3.32. The molecule has 3 N–H and O–H groups in total. The van der Waals surface area contributed by atoms with Gasteiger partial charge in [-0.15, -0.1) is 0 Å². The zero-order chi connectivity index (χ0) is 14.7. The number of amides is 1. The molecule has 0 saturated carbocycles. The van der Waals surface area contributed by atoms with Crippen LogP contribution in [0.4, 0.5) is 5.82 Å². The van der Waals surface area contributed by atoms with Gasteiger partial charge >= 0.3 is 0 Å². The van der Waals surface area contributed by atoms with Crippen molar-refractivity contribution in [1.29, 1.82) is 0 Å². The van der Waals surface area contributed by atoms with Crippen LogP contribution in [0.5, 0.6) is 0 Å². The molecule has 5 nitrogen and oxygen atoms in total. The summed E-state index contributed by atoms with van der Waals surface area (Å²) in [6.45, 7) is 0.666. The Hall–Kier alpha value is -2.82. The van der Waals surface area contributed by atoms with Gasteiger partial charge in [-0.3, -0.25) is 9.48 Å². The molecule has 1 amide bonds. The summed E-state index contributed by atoms with van der Waals surface area (Å²) in [6.07, 6.45) is 1.69. The zero-order valence-corrected chi connectivity index (χ0v) is 11.5. The van der Waals surface area contributed by atoms with Crippen molar-refractivity contribution in [2.24, 2.45) is 0 Å². The number of nitrogens with zero attached hydrogens (tertiary/aromatic N) is 2. The Morgan fingerprint density at radius 2 is 1.95 bits per heavy atom. The fourth-order valence-corrected chi connectivity index (χ4v) is 2.31. The molecule has 5 heteroatoms. The number of anilines is 1. The van der Waals surface area contributed by atoms with E-state index < -0.39 is 0 Å². The molecule has 1 aromatic heterocycles. The lowest BCUT2D eigenvalue weighted by molar-refractivity contribution is -0.122. The van der Waals surface area contributed by atoms with E-state index >= 15 is 0 Å². The van der Waals surface area contributed by atoms with Gasteiger partial charge in [-0.1, -0.05) is 42.5 Å². The van der Waals surface area contributed by atoms with E-state index in [9.17, 15) is 4.79 Å². The molecule has 21 heavy (non-hydrogen) atoms. The van der Waals surface area contributed by atoms with Gasteiger partial charge in [0.15, 0.2) is 0 Å². The smallest absolute Gasteiger partial charge is 0.241 e. The van der Waals surface area contributed by atoms with E-state index in [0.29, 0.717) is 12.4 Å². The largest absolute Gasteiger partial charge is 0.382 e. The van der Waals surface area contributed by atoms with E-state index in [2.05, 4.69) is 28.6 Å². The van der Waals surface area contributed by atoms with Crippen molar-refractivity contribution in [2.75, 3.05) is 5.73 Å². The normalized spacial score (nSPS) is 10.7. The van der Waals surface area contributed by atoms with Crippen LogP contribution in [0.15, 0.2) is 54.7 Å². The number of hydrogen-bond acceptors (Lipinski definition) is 3. The van der Waals surface area contributed by atoms with Gasteiger partial charge in [0.05, 0.1) is 0 Å². The van der Waals surface area contributed by atoms with Gasteiger partial charge in [-0.05, 0) is 22.4 Å². The van der Waals surface area contributed by atoms with Crippen LogP contribution in [0.3, 0.4) is 0 Å². The van der Waals surface area contributed by atoms with Gasteiger partial charge in [0.25, 0.3) is 0 Å². The van der Waals surface area contributed by atoms with Crippen LogP contribution in [0.25, 0.3) is 10.8 Å². The number of hydrogen-bond donors (Lipinski definition) is 2.